The van der Waals surface area contributed by atoms with E-state index >= 15 is 0 Å². The average Bonchev–Trinajstić information content (AvgIpc) is 2.75. The molecule has 1 N–H and O–H groups in total. The maximum atomic E-state index is 12.9. The molecule has 0 unspecified atom stereocenters. The number of hydrogen-bond donors (Lipinski definition) is 1. The number of aryl methyl sites for hydroxylation is 2. The van der Waals surface area contributed by atoms with Gasteiger partial charge in [0.15, 0.2) is 0 Å². The average molecular weight is 327 g/mol. The van der Waals surface area contributed by atoms with Gasteiger partial charge in [-0.3, -0.25) is 4.72 Å². The van der Waals surface area contributed by atoms with E-state index < -0.39 is 21.8 Å². The number of rotatable bonds is 4. The van der Waals surface area contributed by atoms with Gasteiger partial charge in [0, 0.05) is 5.69 Å². The van der Waals surface area contributed by atoms with Crippen molar-refractivity contribution in [2.45, 2.75) is 18.7 Å². The molecular formula is C14H14FNO5S. The first-order chi connectivity index (χ1) is 10.3. The molecule has 0 atom stereocenters. The highest BCUT2D eigenvalue weighted by Gasteiger charge is 2.31. The van der Waals surface area contributed by atoms with Crippen LogP contribution in [-0.4, -0.2) is 21.5 Å². The van der Waals surface area contributed by atoms with Crippen LogP contribution in [0.1, 0.15) is 21.9 Å². The van der Waals surface area contributed by atoms with Crippen LogP contribution in [-0.2, 0) is 14.8 Å². The maximum Gasteiger partial charge on any atom is 0.342 e. The zero-order chi connectivity index (χ0) is 16.5. The van der Waals surface area contributed by atoms with E-state index in [1.165, 1.54) is 26.0 Å². The number of ether oxygens (including phenoxy) is 1. The number of carbonyl (C=O) groups excluding carboxylic acids is 1. The number of carbonyl (C=O) groups is 1. The molecule has 1 aromatic carbocycles. The third kappa shape index (κ3) is 2.96. The van der Waals surface area contributed by atoms with Crippen molar-refractivity contribution < 1.29 is 26.8 Å². The highest BCUT2D eigenvalue weighted by molar-refractivity contribution is 7.92. The van der Waals surface area contributed by atoms with Gasteiger partial charge in [-0.1, -0.05) is 0 Å². The Labute approximate surface area is 126 Å². The number of hydrogen-bond acceptors (Lipinski definition) is 5. The van der Waals surface area contributed by atoms with Crippen molar-refractivity contribution in [3.63, 3.8) is 0 Å². The monoisotopic (exact) mass is 327 g/mol. The third-order valence-electron chi connectivity index (χ3n) is 2.96. The van der Waals surface area contributed by atoms with Crippen LogP contribution < -0.4 is 4.72 Å². The lowest BCUT2D eigenvalue weighted by Crippen LogP contribution is -2.17. The lowest BCUT2D eigenvalue weighted by atomic mass is 10.2. The van der Waals surface area contributed by atoms with Crippen molar-refractivity contribution in [1.82, 2.24) is 0 Å². The summed E-state index contributed by atoms with van der Waals surface area (Å²) >= 11 is 0. The zero-order valence-corrected chi connectivity index (χ0v) is 13.0. The van der Waals surface area contributed by atoms with Gasteiger partial charge in [0.25, 0.3) is 10.0 Å². The van der Waals surface area contributed by atoms with Crippen molar-refractivity contribution in [2.75, 3.05) is 11.8 Å². The van der Waals surface area contributed by atoms with Gasteiger partial charge >= 0.3 is 5.97 Å². The molecule has 0 amide bonds. The molecule has 0 saturated heterocycles. The number of esters is 1. The van der Waals surface area contributed by atoms with E-state index in [-0.39, 0.29) is 27.7 Å². The molecule has 8 heteroatoms. The van der Waals surface area contributed by atoms with E-state index in [4.69, 9.17) is 4.42 Å². The Hall–Kier alpha value is -2.35. The Bertz CT molecular complexity index is 809. The summed E-state index contributed by atoms with van der Waals surface area (Å²) in [4.78, 5) is 11.5. The van der Waals surface area contributed by atoms with Crippen LogP contribution in [0.3, 0.4) is 0 Å². The van der Waals surface area contributed by atoms with Crippen LogP contribution in [0.25, 0.3) is 0 Å². The minimum Gasteiger partial charge on any atom is -0.465 e. The molecule has 1 heterocycles. The van der Waals surface area contributed by atoms with Gasteiger partial charge in [-0.2, -0.15) is 0 Å². The Morgan fingerprint density at radius 2 is 1.77 bits per heavy atom. The first-order valence-corrected chi connectivity index (χ1v) is 7.71. The quantitative estimate of drug-likeness (QED) is 0.873. The second-order valence-electron chi connectivity index (χ2n) is 4.52. The van der Waals surface area contributed by atoms with Crippen molar-refractivity contribution in [2.24, 2.45) is 0 Å². The largest absolute Gasteiger partial charge is 0.465 e. The maximum absolute atomic E-state index is 12.9. The van der Waals surface area contributed by atoms with Crippen molar-refractivity contribution >= 4 is 21.7 Å². The van der Waals surface area contributed by atoms with E-state index in [9.17, 15) is 17.6 Å². The summed E-state index contributed by atoms with van der Waals surface area (Å²) in [6, 6.07) is 4.78. The lowest BCUT2D eigenvalue weighted by Gasteiger charge is -2.08. The minimum absolute atomic E-state index is 0.0625. The smallest absolute Gasteiger partial charge is 0.342 e. The second-order valence-corrected chi connectivity index (χ2v) is 6.14. The predicted molar refractivity (Wildman–Crippen MR) is 76.7 cm³/mol. The fraction of sp³-hybridized carbons (Fsp3) is 0.214. The molecule has 0 aliphatic heterocycles. The summed E-state index contributed by atoms with van der Waals surface area (Å²) in [7, 11) is -2.94. The minimum atomic E-state index is -4.09. The van der Waals surface area contributed by atoms with Gasteiger partial charge in [0.05, 0.1) is 7.11 Å². The van der Waals surface area contributed by atoms with Crippen molar-refractivity contribution in [3.8, 4) is 0 Å². The van der Waals surface area contributed by atoms with E-state index in [1.54, 1.807) is 0 Å². The van der Waals surface area contributed by atoms with Crippen LogP contribution in [0.2, 0.25) is 0 Å². The lowest BCUT2D eigenvalue weighted by molar-refractivity contribution is 0.0595. The van der Waals surface area contributed by atoms with Crippen molar-refractivity contribution in [3.05, 3.63) is 47.2 Å². The first-order valence-electron chi connectivity index (χ1n) is 6.23. The Morgan fingerprint density at radius 3 is 2.32 bits per heavy atom. The van der Waals surface area contributed by atoms with Crippen LogP contribution in [0.15, 0.2) is 33.6 Å². The summed E-state index contributed by atoms with van der Waals surface area (Å²) in [5, 5.41) is 0. The Morgan fingerprint density at radius 1 is 1.18 bits per heavy atom. The van der Waals surface area contributed by atoms with E-state index in [0.717, 1.165) is 19.2 Å². The summed E-state index contributed by atoms with van der Waals surface area (Å²) in [5.74, 6) is -1.10. The molecule has 0 aliphatic rings. The first kappa shape index (κ1) is 16.0. The molecular weight excluding hydrogens is 313 g/mol. The highest BCUT2D eigenvalue weighted by atomic mass is 32.2. The molecule has 118 valence electrons. The number of nitrogens with one attached hydrogen (secondary N) is 1. The van der Waals surface area contributed by atoms with Gasteiger partial charge in [-0.25, -0.2) is 17.6 Å². The number of halogens is 1. The topological polar surface area (TPSA) is 85.6 Å². The van der Waals surface area contributed by atoms with Crippen LogP contribution in [0, 0.1) is 19.7 Å². The molecule has 1 aromatic heterocycles. The van der Waals surface area contributed by atoms with E-state index in [1.807, 2.05) is 0 Å². The van der Waals surface area contributed by atoms with Gasteiger partial charge in [-0.15, -0.1) is 0 Å². The van der Waals surface area contributed by atoms with Crippen LogP contribution in [0.4, 0.5) is 10.1 Å². The summed E-state index contributed by atoms with van der Waals surface area (Å²) < 4.78 is 49.9. The predicted octanol–water partition coefficient (Wildman–Crippen LogP) is 2.62. The Kier molecular flexibility index (Phi) is 4.23. The summed E-state index contributed by atoms with van der Waals surface area (Å²) in [5.41, 5.74) is 0.00470. The molecule has 0 aliphatic carbocycles. The highest BCUT2D eigenvalue weighted by Crippen LogP contribution is 2.29. The molecule has 0 spiro atoms. The number of furan rings is 1. The fourth-order valence-corrected chi connectivity index (χ4v) is 3.51. The van der Waals surface area contributed by atoms with E-state index in [0.29, 0.717) is 0 Å². The van der Waals surface area contributed by atoms with Gasteiger partial charge in [-0.05, 0) is 38.1 Å². The van der Waals surface area contributed by atoms with Crippen LogP contribution >= 0.6 is 0 Å². The normalized spacial score (nSPS) is 11.3. The zero-order valence-electron chi connectivity index (χ0n) is 12.1. The standard InChI is InChI=1S/C14H14FNO5S/c1-8-12(14(17)20-3)13(9(2)21-8)22(18,19)16-11-6-4-10(15)5-7-11/h4-7,16H,1-3H3. The van der Waals surface area contributed by atoms with Gasteiger partial charge in [0.2, 0.25) is 0 Å². The number of methoxy groups -OCH3 is 1. The molecule has 0 bridgehead atoms. The van der Waals surface area contributed by atoms with E-state index in [2.05, 4.69) is 9.46 Å². The Balaban J connectivity index is 2.50. The third-order valence-corrected chi connectivity index (χ3v) is 4.49. The number of anilines is 1. The van der Waals surface area contributed by atoms with Gasteiger partial charge < -0.3 is 9.15 Å². The van der Waals surface area contributed by atoms with Gasteiger partial charge in [0.1, 0.15) is 27.8 Å². The number of benzene rings is 1. The fourth-order valence-electron chi connectivity index (χ4n) is 2.05. The van der Waals surface area contributed by atoms with Crippen LogP contribution in [0.5, 0.6) is 0 Å². The molecule has 0 saturated carbocycles. The summed E-state index contributed by atoms with van der Waals surface area (Å²) in [6.07, 6.45) is 0. The SMILES string of the molecule is COC(=O)c1c(C)oc(C)c1S(=O)(=O)Nc1ccc(F)cc1. The molecule has 0 fully saturated rings. The second kappa shape index (κ2) is 5.80. The van der Waals surface area contributed by atoms with Crippen molar-refractivity contribution in [1.29, 1.82) is 0 Å². The molecule has 22 heavy (non-hydrogen) atoms. The molecule has 2 rings (SSSR count). The molecule has 2 aromatic rings. The summed E-state index contributed by atoms with van der Waals surface area (Å²) in [6.45, 7) is 2.90. The molecule has 0 radical (unpaired) electrons. The molecule has 6 nitrogen and oxygen atoms in total. The number of sulfonamides is 1.